The highest BCUT2D eigenvalue weighted by molar-refractivity contribution is 5.78. The van der Waals surface area contributed by atoms with E-state index in [0.29, 0.717) is 25.9 Å². The van der Waals surface area contributed by atoms with Gasteiger partial charge < -0.3 is 15.0 Å². The lowest BCUT2D eigenvalue weighted by molar-refractivity contribution is -0.385. The zero-order valence-electron chi connectivity index (χ0n) is 15.5. The lowest BCUT2D eigenvalue weighted by Gasteiger charge is -2.35. The first kappa shape index (κ1) is 20.9. The number of amides is 1. The number of non-ortho nitro benzene ring substituents is 1. The van der Waals surface area contributed by atoms with Gasteiger partial charge in [-0.25, -0.2) is 0 Å². The number of hydrogen-bond acceptors (Lipinski definition) is 5. The summed E-state index contributed by atoms with van der Waals surface area (Å²) in [5, 5.41) is 14.0. The van der Waals surface area contributed by atoms with E-state index in [0.717, 1.165) is 18.9 Å². The molecule has 0 aliphatic carbocycles. The first-order valence-corrected chi connectivity index (χ1v) is 9.14. The van der Waals surface area contributed by atoms with Gasteiger partial charge in [0.25, 0.3) is 5.69 Å². The molecule has 1 aliphatic rings. The Balaban J connectivity index is 2.02. The first-order valence-electron chi connectivity index (χ1n) is 9.14. The molecule has 0 spiro atoms. The van der Waals surface area contributed by atoms with Crippen molar-refractivity contribution in [3.05, 3.63) is 28.3 Å². The normalized spacial score (nSPS) is 15.3. The number of carbonyl (C=O) groups is 1. The van der Waals surface area contributed by atoms with E-state index in [1.54, 1.807) is 0 Å². The van der Waals surface area contributed by atoms with Gasteiger partial charge in [0.15, 0.2) is 5.75 Å². The quantitative estimate of drug-likeness (QED) is 0.539. The highest BCUT2D eigenvalue weighted by atomic mass is 19.3. The van der Waals surface area contributed by atoms with E-state index in [-0.39, 0.29) is 35.0 Å². The molecule has 1 aromatic rings. The summed E-state index contributed by atoms with van der Waals surface area (Å²) in [5.41, 5.74) is -0.0348. The first-order chi connectivity index (χ1) is 12.8. The third-order valence-corrected chi connectivity index (χ3v) is 4.89. The smallest absolute Gasteiger partial charge is 0.387 e. The molecule has 0 saturated carbocycles. The zero-order chi connectivity index (χ0) is 20.0. The van der Waals surface area contributed by atoms with E-state index < -0.39 is 11.5 Å². The average Bonchev–Trinajstić information content (AvgIpc) is 2.64. The lowest BCUT2D eigenvalue weighted by atomic mass is 9.98. The molecule has 0 bridgehead atoms. The van der Waals surface area contributed by atoms with E-state index in [1.165, 1.54) is 12.1 Å². The number of benzene rings is 1. The van der Waals surface area contributed by atoms with Crippen molar-refractivity contribution in [3.8, 4) is 5.75 Å². The van der Waals surface area contributed by atoms with Crippen molar-refractivity contribution in [3.63, 3.8) is 0 Å². The molecular formula is C18H25F2N3O4. The van der Waals surface area contributed by atoms with Crippen LogP contribution < -0.4 is 10.1 Å². The number of nitrogens with zero attached hydrogens (tertiary/aromatic N) is 2. The Kier molecular flexibility index (Phi) is 7.32. The summed E-state index contributed by atoms with van der Waals surface area (Å²) < 4.78 is 29.7. The third-order valence-electron chi connectivity index (χ3n) is 4.89. The number of rotatable bonds is 8. The predicted octanol–water partition coefficient (Wildman–Crippen LogP) is 4.04. The summed E-state index contributed by atoms with van der Waals surface area (Å²) in [5.74, 6) is -0.0551. The van der Waals surface area contributed by atoms with Gasteiger partial charge in [-0.1, -0.05) is 13.8 Å². The number of nitrogens with one attached hydrogen (secondary N) is 1. The molecule has 1 amide bonds. The number of hydrogen-bond donors (Lipinski definition) is 1. The molecule has 1 saturated heterocycles. The van der Waals surface area contributed by atoms with Crippen LogP contribution in [0.2, 0.25) is 0 Å². The second-order valence-corrected chi connectivity index (χ2v) is 6.57. The van der Waals surface area contributed by atoms with Crippen molar-refractivity contribution in [2.75, 3.05) is 18.4 Å². The number of likely N-dealkylation sites (tertiary alicyclic amines) is 1. The van der Waals surface area contributed by atoms with Gasteiger partial charge in [-0.2, -0.15) is 8.78 Å². The third kappa shape index (κ3) is 5.51. The number of halogens is 2. The number of ether oxygens (including phenoxy) is 1. The highest BCUT2D eigenvalue weighted by Gasteiger charge is 2.27. The highest BCUT2D eigenvalue weighted by Crippen LogP contribution is 2.32. The maximum Gasteiger partial charge on any atom is 0.387 e. The van der Waals surface area contributed by atoms with Crippen molar-refractivity contribution >= 4 is 17.3 Å². The van der Waals surface area contributed by atoms with Crippen LogP contribution in [0.4, 0.5) is 20.2 Å². The van der Waals surface area contributed by atoms with Crippen molar-refractivity contribution in [1.82, 2.24) is 4.90 Å². The number of carbonyl (C=O) groups excluding carboxylic acids is 1. The van der Waals surface area contributed by atoms with Crippen LogP contribution in [0.3, 0.4) is 0 Å². The molecule has 1 aliphatic heterocycles. The summed E-state index contributed by atoms with van der Waals surface area (Å²) in [6.07, 6.45) is 2.95. The number of anilines is 1. The standard InChI is InChI=1S/C18H25F2N3O4/c1-3-12(4-2)17(24)22-9-7-13(8-10-22)21-15-6-5-14(23(25)26)11-16(15)27-18(19)20/h5-6,11-13,18,21H,3-4,7-10H2,1-2H3. The second-order valence-electron chi connectivity index (χ2n) is 6.57. The topological polar surface area (TPSA) is 84.7 Å². The molecule has 0 atom stereocenters. The van der Waals surface area contributed by atoms with Gasteiger partial charge in [-0.15, -0.1) is 0 Å². The lowest BCUT2D eigenvalue weighted by Crippen LogP contribution is -2.44. The summed E-state index contributed by atoms with van der Waals surface area (Å²) in [6.45, 7) is 2.10. The number of piperidine rings is 1. The molecule has 150 valence electrons. The summed E-state index contributed by atoms with van der Waals surface area (Å²) in [7, 11) is 0. The van der Waals surface area contributed by atoms with Crippen molar-refractivity contribution in [1.29, 1.82) is 0 Å². The van der Waals surface area contributed by atoms with Crippen molar-refractivity contribution in [2.24, 2.45) is 5.92 Å². The SMILES string of the molecule is CCC(CC)C(=O)N1CCC(Nc2ccc([N+](=O)[O-])cc2OC(F)F)CC1. The van der Waals surface area contributed by atoms with Gasteiger partial charge in [-0.05, 0) is 31.7 Å². The van der Waals surface area contributed by atoms with Gasteiger partial charge in [0.1, 0.15) is 0 Å². The van der Waals surface area contributed by atoms with Crippen LogP contribution >= 0.6 is 0 Å². The molecule has 1 aromatic carbocycles. The summed E-state index contributed by atoms with van der Waals surface area (Å²) >= 11 is 0. The fourth-order valence-corrected chi connectivity index (χ4v) is 3.30. The van der Waals surface area contributed by atoms with Crippen LogP contribution in [-0.2, 0) is 4.79 Å². The minimum Gasteiger partial charge on any atom is -0.432 e. The Hall–Kier alpha value is -2.45. The predicted molar refractivity (Wildman–Crippen MR) is 97.0 cm³/mol. The maximum atomic E-state index is 12.6. The molecule has 7 nitrogen and oxygen atoms in total. The van der Waals surface area contributed by atoms with Gasteiger partial charge in [0, 0.05) is 31.1 Å². The van der Waals surface area contributed by atoms with Crippen LogP contribution in [0, 0.1) is 16.0 Å². The molecule has 0 radical (unpaired) electrons. The number of alkyl halides is 2. The number of nitro groups is 1. The average molecular weight is 385 g/mol. The molecule has 0 aromatic heterocycles. The Morgan fingerprint density at radius 2 is 1.96 bits per heavy atom. The second kappa shape index (κ2) is 9.48. The summed E-state index contributed by atoms with van der Waals surface area (Å²) in [6, 6.07) is 3.57. The molecule has 1 fully saturated rings. The van der Waals surface area contributed by atoms with Crippen LogP contribution in [0.1, 0.15) is 39.5 Å². The van der Waals surface area contributed by atoms with Crippen LogP contribution in [0.25, 0.3) is 0 Å². The van der Waals surface area contributed by atoms with E-state index in [1.807, 2.05) is 18.7 Å². The summed E-state index contributed by atoms with van der Waals surface area (Å²) in [4.78, 5) is 24.5. The Labute approximate surface area is 156 Å². The van der Waals surface area contributed by atoms with E-state index in [4.69, 9.17) is 0 Å². The van der Waals surface area contributed by atoms with Crippen LogP contribution in [-0.4, -0.2) is 41.5 Å². The van der Waals surface area contributed by atoms with E-state index >= 15 is 0 Å². The van der Waals surface area contributed by atoms with Crippen molar-refractivity contribution in [2.45, 2.75) is 52.2 Å². The van der Waals surface area contributed by atoms with Gasteiger partial charge in [0.05, 0.1) is 16.7 Å². The molecule has 1 N–H and O–H groups in total. The number of nitro benzene ring substituents is 1. The van der Waals surface area contributed by atoms with E-state index in [9.17, 15) is 23.7 Å². The Morgan fingerprint density at radius 3 is 2.48 bits per heavy atom. The molecular weight excluding hydrogens is 360 g/mol. The van der Waals surface area contributed by atoms with E-state index in [2.05, 4.69) is 10.1 Å². The van der Waals surface area contributed by atoms with Crippen molar-refractivity contribution < 1.29 is 23.2 Å². The van der Waals surface area contributed by atoms with Crippen LogP contribution in [0.15, 0.2) is 18.2 Å². The van der Waals surface area contributed by atoms with Gasteiger partial charge >= 0.3 is 6.61 Å². The Bertz CT molecular complexity index is 660. The zero-order valence-corrected chi connectivity index (χ0v) is 15.5. The molecule has 0 unspecified atom stereocenters. The minimum atomic E-state index is -3.08. The maximum absolute atomic E-state index is 12.6. The molecule has 27 heavy (non-hydrogen) atoms. The van der Waals surface area contributed by atoms with Crippen LogP contribution in [0.5, 0.6) is 5.75 Å². The Morgan fingerprint density at radius 1 is 1.33 bits per heavy atom. The fourth-order valence-electron chi connectivity index (χ4n) is 3.30. The minimum absolute atomic E-state index is 0.0303. The monoisotopic (exact) mass is 385 g/mol. The fraction of sp³-hybridized carbons (Fsp3) is 0.611. The van der Waals surface area contributed by atoms with Gasteiger partial charge in [-0.3, -0.25) is 14.9 Å². The molecule has 9 heteroatoms. The largest absolute Gasteiger partial charge is 0.432 e. The van der Waals surface area contributed by atoms with Gasteiger partial charge in [0.2, 0.25) is 5.91 Å². The molecule has 1 heterocycles. The molecule has 2 rings (SSSR count).